The Morgan fingerprint density at radius 3 is 2.74 bits per heavy atom. The highest BCUT2D eigenvalue weighted by atomic mass is 16.6. The van der Waals surface area contributed by atoms with Gasteiger partial charge in [0.2, 0.25) is 11.2 Å². The molecule has 0 amide bonds. The van der Waals surface area contributed by atoms with Crippen LogP contribution >= 0.6 is 0 Å². The van der Waals surface area contributed by atoms with Gasteiger partial charge in [-0.2, -0.15) is 0 Å². The minimum atomic E-state index is -0.671. The second-order valence-electron chi connectivity index (χ2n) is 5.99. The Kier molecular flexibility index (Phi) is 2.55. The fourth-order valence-electron chi connectivity index (χ4n) is 2.66. The molecule has 1 N–H and O–H groups in total. The minimum absolute atomic E-state index is 0.112. The molecule has 4 rings (SSSR count). The van der Waals surface area contributed by atoms with Crippen LogP contribution in [0.4, 0.5) is 0 Å². The van der Waals surface area contributed by atoms with Crippen molar-refractivity contribution in [1.29, 1.82) is 0 Å². The number of hydrogen-bond acceptors (Lipinski definition) is 5. The van der Waals surface area contributed by atoms with E-state index >= 15 is 0 Å². The molecule has 0 aliphatic carbocycles. The van der Waals surface area contributed by atoms with Crippen LogP contribution < -0.4 is 14.9 Å². The van der Waals surface area contributed by atoms with Crippen LogP contribution in [-0.2, 0) is 0 Å². The van der Waals surface area contributed by atoms with Crippen molar-refractivity contribution in [3.8, 4) is 17.2 Å². The fourth-order valence-corrected chi connectivity index (χ4v) is 2.66. The zero-order valence-corrected chi connectivity index (χ0v) is 12.7. The van der Waals surface area contributed by atoms with Gasteiger partial charge in [0.25, 0.3) is 0 Å². The van der Waals surface area contributed by atoms with Gasteiger partial charge in [-0.15, -0.1) is 0 Å². The van der Waals surface area contributed by atoms with E-state index in [2.05, 4.69) is 6.58 Å². The zero-order chi connectivity index (χ0) is 16.4. The van der Waals surface area contributed by atoms with E-state index in [4.69, 9.17) is 13.9 Å². The number of hydrogen-bond donors (Lipinski definition) is 1. The Morgan fingerprint density at radius 1 is 1.17 bits per heavy atom. The maximum absolute atomic E-state index is 12.7. The molecular formula is C18H14O5. The van der Waals surface area contributed by atoms with Crippen LogP contribution in [0.5, 0.6) is 17.2 Å². The molecule has 3 aromatic rings. The van der Waals surface area contributed by atoms with Gasteiger partial charge in [0, 0.05) is 0 Å². The molecule has 0 bridgehead atoms. The molecule has 0 saturated heterocycles. The van der Waals surface area contributed by atoms with Gasteiger partial charge in [0.1, 0.15) is 22.5 Å². The summed E-state index contributed by atoms with van der Waals surface area (Å²) in [6, 6.07) is 7.96. The summed E-state index contributed by atoms with van der Waals surface area (Å²) in [5, 5.41) is 10.4. The van der Waals surface area contributed by atoms with Crippen LogP contribution in [0.2, 0.25) is 0 Å². The van der Waals surface area contributed by atoms with Crippen molar-refractivity contribution in [2.24, 2.45) is 0 Å². The number of phenols is 1. The quantitative estimate of drug-likeness (QED) is 0.641. The first-order chi connectivity index (χ1) is 10.9. The van der Waals surface area contributed by atoms with Gasteiger partial charge in [-0.1, -0.05) is 12.6 Å². The first kappa shape index (κ1) is 13.7. The lowest BCUT2D eigenvalue weighted by atomic mass is 10.1. The molecule has 1 aliphatic rings. The molecule has 0 spiro atoms. The second-order valence-corrected chi connectivity index (χ2v) is 5.99. The van der Waals surface area contributed by atoms with E-state index in [1.807, 2.05) is 13.8 Å². The van der Waals surface area contributed by atoms with Gasteiger partial charge in [-0.25, -0.2) is 0 Å². The largest absolute Gasteiger partial charge is 0.507 e. The summed E-state index contributed by atoms with van der Waals surface area (Å²) in [6.07, 6.45) is 0. The summed E-state index contributed by atoms with van der Waals surface area (Å²) in [5.74, 6) is 1.13. The summed E-state index contributed by atoms with van der Waals surface area (Å²) in [4.78, 5) is 12.7. The van der Waals surface area contributed by atoms with Gasteiger partial charge < -0.3 is 19.0 Å². The van der Waals surface area contributed by atoms with Crippen molar-refractivity contribution in [2.75, 3.05) is 0 Å². The molecule has 0 fully saturated rings. The highest BCUT2D eigenvalue weighted by Gasteiger charge is 2.34. The molecular weight excluding hydrogens is 296 g/mol. The summed E-state index contributed by atoms with van der Waals surface area (Å²) in [7, 11) is 0. The molecule has 5 nitrogen and oxygen atoms in total. The van der Waals surface area contributed by atoms with Crippen LogP contribution in [-0.4, -0.2) is 10.7 Å². The highest BCUT2D eigenvalue weighted by molar-refractivity contribution is 5.96. The number of aromatic hydroxyl groups is 1. The second kappa shape index (κ2) is 4.29. The van der Waals surface area contributed by atoms with Crippen molar-refractivity contribution >= 4 is 21.9 Å². The van der Waals surface area contributed by atoms with E-state index in [1.165, 1.54) is 6.07 Å². The molecule has 1 aliphatic heterocycles. The smallest absolute Gasteiger partial charge is 0.212 e. The van der Waals surface area contributed by atoms with E-state index in [0.29, 0.717) is 22.6 Å². The summed E-state index contributed by atoms with van der Waals surface area (Å²) < 4.78 is 17.5. The number of phenolic OH excluding ortho intramolecular Hbond substituents is 1. The highest BCUT2D eigenvalue weighted by Crippen LogP contribution is 2.44. The van der Waals surface area contributed by atoms with E-state index in [-0.39, 0.29) is 27.7 Å². The average Bonchev–Trinajstić information content (AvgIpc) is 2.48. The Morgan fingerprint density at radius 2 is 1.96 bits per heavy atom. The maximum atomic E-state index is 12.7. The summed E-state index contributed by atoms with van der Waals surface area (Å²) in [5.41, 5.74) is -0.422. The van der Waals surface area contributed by atoms with Crippen molar-refractivity contribution in [3.05, 3.63) is 52.9 Å². The third-order valence-corrected chi connectivity index (χ3v) is 4.03. The molecule has 116 valence electrons. The monoisotopic (exact) mass is 310 g/mol. The minimum Gasteiger partial charge on any atom is -0.507 e. The standard InChI is InChI=1S/C18H14O5/c1-9-18(2,3)23-13-8-7-10-15(20)14-11(19)5-4-6-12(14)22-16(10)17(13)21-9/h4-8,19H,1H2,2-3H3. The Bertz CT molecular complexity index is 1040. The fraction of sp³-hybridized carbons (Fsp3) is 0.167. The Balaban J connectivity index is 2.12. The molecule has 0 atom stereocenters. The van der Waals surface area contributed by atoms with Crippen LogP contribution in [0.25, 0.3) is 21.9 Å². The molecule has 23 heavy (non-hydrogen) atoms. The first-order valence-electron chi connectivity index (χ1n) is 7.16. The number of rotatable bonds is 0. The van der Waals surface area contributed by atoms with Gasteiger partial charge in [-0.05, 0) is 38.1 Å². The molecule has 1 aromatic heterocycles. The van der Waals surface area contributed by atoms with Crippen molar-refractivity contribution in [2.45, 2.75) is 19.4 Å². The normalized spacial score (nSPS) is 16.0. The van der Waals surface area contributed by atoms with Crippen molar-refractivity contribution in [1.82, 2.24) is 0 Å². The van der Waals surface area contributed by atoms with Crippen LogP contribution in [0, 0.1) is 0 Å². The lowest BCUT2D eigenvalue weighted by Gasteiger charge is -2.33. The first-order valence-corrected chi connectivity index (χ1v) is 7.16. The average molecular weight is 310 g/mol. The Hall–Kier alpha value is -2.95. The van der Waals surface area contributed by atoms with Gasteiger partial charge in [0.05, 0.1) is 5.39 Å². The third-order valence-electron chi connectivity index (χ3n) is 4.03. The Labute approximate surface area is 131 Å². The van der Waals surface area contributed by atoms with Gasteiger partial charge in [-0.3, -0.25) is 4.79 Å². The SMILES string of the molecule is C=C1Oc2c(ccc3c(=O)c4c(O)cccc4oc23)OC1(C)C. The number of ether oxygens (including phenoxy) is 2. The summed E-state index contributed by atoms with van der Waals surface area (Å²) in [6.45, 7) is 7.55. The summed E-state index contributed by atoms with van der Waals surface area (Å²) >= 11 is 0. The van der Waals surface area contributed by atoms with Gasteiger partial charge >= 0.3 is 0 Å². The number of fused-ring (bicyclic) bond motifs is 4. The van der Waals surface area contributed by atoms with Crippen molar-refractivity contribution in [3.63, 3.8) is 0 Å². The molecule has 5 heteroatoms. The van der Waals surface area contributed by atoms with Crippen LogP contribution in [0.15, 0.2) is 51.9 Å². The lowest BCUT2D eigenvalue weighted by Crippen LogP contribution is -2.36. The van der Waals surface area contributed by atoms with Crippen LogP contribution in [0.3, 0.4) is 0 Å². The van der Waals surface area contributed by atoms with E-state index in [9.17, 15) is 9.90 Å². The van der Waals surface area contributed by atoms with E-state index in [1.54, 1.807) is 24.3 Å². The molecule has 0 unspecified atom stereocenters. The molecule has 2 aromatic carbocycles. The molecule has 0 radical (unpaired) electrons. The number of benzene rings is 2. The van der Waals surface area contributed by atoms with Crippen LogP contribution in [0.1, 0.15) is 13.8 Å². The molecule has 0 saturated carbocycles. The van der Waals surface area contributed by atoms with Crippen molar-refractivity contribution < 1.29 is 19.0 Å². The van der Waals surface area contributed by atoms with E-state index < -0.39 is 5.60 Å². The predicted octanol–water partition coefficient (Wildman–Crippen LogP) is 3.72. The molecule has 2 heterocycles. The van der Waals surface area contributed by atoms with Gasteiger partial charge in [0.15, 0.2) is 16.9 Å². The third kappa shape index (κ3) is 1.83. The predicted molar refractivity (Wildman–Crippen MR) is 86.1 cm³/mol. The topological polar surface area (TPSA) is 68.9 Å². The zero-order valence-electron chi connectivity index (χ0n) is 12.7. The van der Waals surface area contributed by atoms with E-state index in [0.717, 1.165) is 0 Å². The maximum Gasteiger partial charge on any atom is 0.212 e. The lowest BCUT2D eigenvalue weighted by molar-refractivity contribution is 0.0751.